The topological polar surface area (TPSA) is 58.9 Å². The Morgan fingerprint density at radius 2 is 2.06 bits per heavy atom. The molecule has 4 nitrogen and oxygen atoms in total. The van der Waals surface area contributed by atoms with Crippen LogP contribution in [0.2, 0.25) is 0 Å². The van der Waals surface area contributed by atoms with Crippen LogP contribution in [-0.2, 0) is 4.74 Å². The van der Waals surface area contributed by atoms with Crippen molar-refractivity contribution >= 4 is 12.6 Å². The zero-order valence-corrected chi connectivity index (χ0v) is 9.80. The van der Waals surface area contributed by atoms with Gasteiger partial charge in [-0.2, -0.15) is 0 Å². The SMILES string of the molecule is COCC(C)Oc1ccc(B(O)O)cc1C. The fraction of sp³-hybridized carbons (Fsp3) is 0.455. The summed E-state index contributed by atoms with van der Waals surface area (Å²) in [4.78, 5) is 0. The summed E-state index contributed by atoms with van der Waals surface area (Å²) in [7, 11) is 0.182. The van der Waals surface area contributed by atoms with E-state index in [0.717, 1.165) is 11.3 Å². The second kappa shape index (κ2) is 5.89. The monoisotopic (exact) mass is 224 g/mol. The number of methoxy groups -OCH3 is 1. The number of benzene rings is 1. The van der Waals surface area contributed by atoms with Crippen LogP contribution in [0, 0.1) is 6.92 Å². The zero-order chi connectivity index (χ0) is 12.1. The standard InChI is InChI=1S/C11H17BO4/c1-8-6-10(12(13)14)4-5-11(8)16-9(2)7-15-3/h4-6,9,13-14H,7H2,1-3H3. The molecule has 0 aliphatic carbocycles. The van der Waals surface area contributed by atoms with Crippen molar-refractivity contribution in [3.63, 3.8) is 0 Å². The Kier molecular flexibility index (Phi) is 4.80. The molecule has 1 rings (SSSR count). The third kappa shape index (κ3) is 3.52. The predicted molar refractivity (Wildman–Crippen MR) is 63.0 cm³/mol. The van der Waals surface area contributed by atoms with E-state index in [9.17, 15) is 0 Å². The van der Waals surface area contributed by atoms with Crippen molar-refractivity contribution in [2.24, 2.45) is 0 Å². The van der Waals surface area contributed by atoms with Gasteiger partial charge >= 0.3 is 7.12 Å². The van der Waals surface area contributed by atoms with Gasteiger partial charge in [0, 0.05) is 7.11 Å². The molecule has 0 aliphatic rings. The summed E-state index contributed by atoms with van der Waals surface area (Å²) >= 11 is 0. The molecule has 0 bridgehead atoms. The lowest BCUT2D eigenvalue weighted by molar-refractivity contribution is 0.0916. The number of hydrogen-bond acceptors (Lipinski definition) is 4. The Bertz CT molecular complexity index is 341. The van der Waals surface area contributed by atoms with Gasteiger partial charge in [-0.1, -0.05) is 12.1 Å². The maximum atomic E-state index is 9.00. The van der Waals surface area contributed by atoms with Gasteiger partial charge in [0.05, 0.1) is 6.61 Å². The summed E-state index contributed by atoms with van der Waals surface area (Å²) < 4.78 is 10.6. The second-order valence-corrected chi connectivity index (χ2v) is 3.78. The summed E-state index contributed by atoms with van der Waals surface area (Å²) in [6.07, 6.45) is -0.0337. The van der Waals surface area contributed by atoms with Gasteiger partial charge in [0.25, 0.3) is 0 Å². The van der Waals surface area contributed by atoms with Crippen LogP contribution in [0.25, 0.3) is 0 Å². The van der Waals surface area contributed by atoms with Gasteiger partial charge in [0.2, 0.25) is 0 Å². The smallest absolute Gasteiger partial charge is 0.488 e. The molecule has 0 saturated carbocycles. The minimum Gasteiger partial charge on any atom is -0.488 e. The third-order valence-electron chi connectivity index (χ3n) is 2.23. The van der Waals surface area contributed by atoms with E-state index < -0.39 is 7.12 Å². The van der Waals surface area contributed by atoms with E-state index in [4.69, 9.17) is 19.5 Å². The molecule has 16 heavy (non-hydrogen) atoms. The Hall–Kier alpha value is -1.04. The van der Waals surface area contributed by atoms with E-state index in [1.54, 1.807) is 25.3 Å². The molecule has 0 aliphatic heterocycles. The van der Waals surface area contributed by atoms with E-state index in [1.165, 1.54) is 0 Å². The molecule has 0 aromatic heterocycles. The molecule has 0 heterocycles. The molecule has 0 spiro atoms. The van der Waals surface area contributed by atoms with Gasteiger partial charge in [-0.15, -0.1) is 0 Å². The molecule has 2 N–H and O–H groups in total. The van der Waals surface area contributed by atoms with Gasteiger partial charge in [-0.3, -0.25) is 0 Å². The normalized spacial score (nSPS) is 12.3. The van der Waals surface area contributed by atoms with Crippen LogP contribution in [-0.4, -0.2) is 37.0 Å². The molecular formula is C11H17BO4. The Morgan fingerprint density at radius 1 is 1.38 bits per heavy atom. The molecule has 0 amide bonds. The number of ether oxygens (including phenoxy) is 2. The van der Waals surface area contributed by atoms with Gasteiger partial charge in [-0.25, -0.2) is 0 Å². The van der Waals surface area contributed by atoms with Crippen molar-refractivity contribution in [1.29, 1.82) is 0 Å². The minimum atomic E-state index is -1.44. The summed E-state index contributed by atoms with van der Waals surface area (Å²) in [5.74, 6) is 0.731. The highest BCUT2D eigenvalue weighted by atomic mass is 16.5. The van der Waals surface area contributed by atoms with Crippen LogP contribution < -0.4 is 10.2 Å². The van der Waals surface area contributed by atoms with Crippen LogP contribution in [0.3, 0.4) is 0 Å². The molecule has 1 aromatic carbocycles. The average Bonchev–Trinajstić information content (AvgIpc) is 2.21. The molecule has 88 valence electrons. The van der Waals surface area contributed by atoms with Crippen molar-refractivity contribution < 1.29 is 19.5 Å². The summed E-state index contributed by atoms with van der Waals surface area (Å²) in [6.45, 7) is 4.29. The second-order valence-electron chi connectivity index (χ2n) is 3.78. The zero-order valence-electron chi connectivity index (χ0n) is 9.80. The highest BCUT2D eigenvalue weighted by molar-refractivity contribution is 6.58. The predicted octanol–water partition coefficient (Wildman–Crippen LogP) is 0.0885. The Morgan fingerprint density at radius 3 is 2.56 bits per heavy atom. The van der Waals surface area contributed by atoms with Crippen LogP contribution in [0.5, 0.6) is 5.75 Å². The van der Waals surface area contributed by atoms with E-state index in [-0.39, 0.29) is 6.10 Å². The Labute approximate surface area is 96.0 Å². The fourth-order valence-corrected chi connectivity index (χ4v) is 1.45. The molecule has 1 aromatic rings. The van der Waals surface area contributed by atoms with Crippen LogP contribution in [0.1, 0.15) is 12.5 Å². The van der Waals surface area contributed by atoms with E-state index in [0.29, 0.717) is 12.1 Å². The van der Waals surface area contributed by atoms with Crippen molar-refractivity contribution in [2.75, 3.05) is 13.7 Å². The van der Waals surface area contributed by atoms with Crippen molar-refractivity contribution in [2.45, 2.75) is 20.0 Å². The van der Waals surface area contributed by atoms with Gasteiger partial charge in [-0.05, 0) is 30.9 Å². The molecule has 0 radical (unpaired) electrons. The lowest BCUT2D eigenvalue weighted by atomic mass is 9.79. The molecule has 1 unspecified atom stereocenters. The lowest BCUT2D eigenvalue weighted by Crippen LogP contribution is -2.30. The van der Waals surface area contributed by atoms with Crippen LogP contribution in [0.15, 0.2) is 18.2 Å². The van der Waals surface area contributed by atoms with E-state index in [2.05, 4.69) is 0 Å². The molecule has 0 fully saturated rings. The number of aryl methyl sites for hydroxylation is 1. The highest BCUT2D eigenvalue weighted by Gasteiger charge is 2.13. The molecular weight excluding hydrogens is 207 g/mol. The average molecular weight is 224 g/mol. The van der Waals surface area contributed by atoms with Crippen LogP contribution in [0.4, 0.5) is 0 Å². The van der Waals surface area contributed by atoms with Gasteiger partial charge in [0.15, 0.2) is 0 Å². The first-order valence-electron chi connectivity index (χ1n) is 5.17. The first kappa shape index (κ1) is 13.0. The maximum Gasteiger partial charge on any atom is 0.488 e. The van der Waals surface area contributed by atoms with Crippen molar-refractivity contribution in [3.05, 3.63) is 23.8 Å². The third-order valence-corrected chi connectivity index (χ3v) is 2.23. The quantitative estimate of drug-likeness (QED) is 0.696. The summed E-state index contributed by atoms with van der Waals surface area (Å²) in [5, 5.41) is 18.0. The highest BCUT2D eigenvalue weighted by Crippen LogP contribution is 2.17. The summed E-state index contributed by atoms with van der Waals surface area (Å²) in [5.41, 5.74) is 1.33. The Balaban J connectivity index is 2.75. The molecule has 5 heteroatoms. The van der Waals surface area contributed by atoms with Gasteiger partial charge in [0.1, 0.15) is 11.9 Å². The first-order valence-corrected chi connectivity index (χ1v) is 5.17. The summed E-state index contributed by atoms with van der Waals surface area (Å²) in [6, 6.07) is 5.06. The number of rotatable bonds is 5. The first-order chi connectivity index (χ1) is 7.54. The lowest BCUT2D eigenvalue weighted by Gasteiger charge is -2.16. The minimum absolute atomic E-state index is 0.0337. The van der Waals surface area contributed by atoms with Gasteiger partial charge < -0.3 is 19.5 Å². The fourth-order valence-electron chi connectivity index (χ4n) is 1.45. The maximum absolute atomic E-state index is 9.00. The van der Waals surface area contributed by atoms with Crippen molar-refractivity contribution in [1.82, 2.24) is 0 Å². The largest absolute Gasteiger partial charge is 0.488 e. The van der Waals surface area contributed by atoms with Crippen molar-refractivity contribution in [3.8, 4) is 5.75 Å². The molecule has 1 atom stereocenters. The van der Waals surface area contributed by atoms with E-state index in [1.807, 2.05) is 13.8 Å². The number of hydrogen-bond donors (Lipinski definition) is 2. The van der Waals surface area contributed by atoms with Crippen LogP contribution >= 0.6 is 0 Å². The molecule has 0 saturated heterocycles. The van der Waals surface area contributed by atoms with E-state index >= 15 is 0 Å².